The maximum atomic E-state index is 11.3. The fraction of sp³-hybridized carbons (Fsp3) is 0.909. The highest BCUT2D eigenvalue weighted by molar-refractivity contribution is 6.73. The highest BCUT2D eigenvalue weighted by Gasteiger charge is 2.40. The Morgan fingerprint density at radius 1 is 1.25 bits per heavy atom. The van der Waals surface area contributed by atoms with Gasteiger partial charge in [-0.05, 0) is 25.1 Å². The Kier molecular flexibility index (Phi) is 6.21. The van der Waals surface area contributed by atoms with Gasteiger partial charge < -0.3 is 9.62 Å². The molecular weight excluding hydrogens is 224 g/mol. The lowest BCUT2D eigenvalue weighted by Crippen LogP contribution is -2.41. The van der Waals surface area contributed by atoms with E-state index in [0.29, 0.717) is 13.2 Å². The standard InChI is InChI=1S/C11H24O4Si/c1-7-13-9-8-10(12)14-15-16(5,6)11(2,3)4/h7-9H2,1-6H3. The van der Waals surface area contributed by atoms with E-state index in [-0.39, 0.29) is 17.4 Å². The molecule has 0 atom stereocenters. The summed E-state index contributed by atoms with van der Waals surface area (Å²) in [6, 6.07) is 0. The topological polar surface area (TPSA) is 44.8 Å². The normalized spacial score (nSPS) is 12.6. The molecule has 0 N–H and O–H groups in total. The van der Waals surface area contributed by atoms with E-state index in [4.69, 9.17) is 14.2 Å². The van der Waals surface area contributed by atoms with Crippen molar-refractivity contribution < 1.29 is 19.0 Å². The number of carbonyl (C=O) groups is 1. The van der Waals surface area contributed by atoms with Gasteiger partial charge in [0.15, 0.2) is 0 Å². The van der Waals surface area contributed by atoms with Gasteiger partial charge in [0.25, 0.3) is 8.32 Å². The SMILES string of the molecule is CCOCCC(=O)OO[Si](C)(C)C(C)(C)C. The Labute approximate surface area is 99.3 Å². The zero-order valence-corrected chi connectivity index (χ0v) is 12.3. The summed E-state index contributed by atoms with van der Waals surface area (Å²) in [6.07, 6.45) is 0.239. The first kappa shape index (κ1) is 15.6. The van der Waals surface area contributed by atoms with Gasteiger partial charge in [-0.2, -0.15) is 0 Å². The molecular formula is C11H24O4Si. The molecule has 0 aromatic carbocycles. The van der Waals surface area contributed by atoms with Crippen molar-refractivity contribution in [3.8, 4) is 0 Å². The van der Waals surface area contributed by atoms with Crippen molar-refractivity contribution in [1.29, 1.82) is 0 Å². The third-order valence-corrected chi connectivity index (χ3v) is 6.92. The van der Waals surface area contributed by atoms with Crippen molar-refractivity contribution in [3.63, 3.8) is 0 Å². The third kappa shape index (κ3) is 5.63. The molecule has 0 saturated carbocycles. The summed E-state index contributed by atoms with van der Waals surface area (Å²) in [5.74, 6) is -0.363. The molecule has 16 heavy (non-hydrogen) atoms. The second-order valence-corrected chi connectivity index (χ2v) is 9.93. The van der Waals surface area contributed by atoms with Gasteiger partial charge in [0.1, 0.15) is 0 Å². The van der Waals surface area contributed by atoms with Crippen LogP contribution < -0.4 is 0 Å². The van der Waals surface area contributed by atoms with Gasteiger partial charge in [-0.25, -0.2) is 9.37 Å². The average molecular weight is 248 g/mol. The molecule has 0 rings (SSSR count). The fourth-order valence-electron chi connectivity index (χ4n) is 0.617. The Morgan fingerprint density at radius 3 is 2.25 bits per heavy atom. The maximum absolute atomic E-state index is 11.3. The zero-order chi connectivity index (χ0) is 12.8. The molecule has 0 bridgehead atoms. The summed E-state index contributed by atoms with van der Waals surface area (Å²) < 4.78 is 10.4. The smallest absolute Gasteiger partial charge is 0.343 e. The number of ether oxygens (including phenoxy) is 1. The molecule has 0 fully saturated rings. The first-order chi connectivity index (χ1) is 7.20. The largest absolute Gasteiger partial charge is 0.381 e. The van der Waals surface area contributed by atoms with Crippen molar-refractivity contribution in [3.05, 3.63) is 0 Å². The highest BCUT2D eigenvalue weighted by Crippen LogP contribution is 2.36. The van der Waals surface area contributed by atoms with Gasteiger partial charge in [-0.3, -0.25) is 0 Å². The monoisotopic (exact) mass is 248 g/mol. The molecule has 0 aliphatic heterocycles. The molecule has 96 valence electrons. The molecule has 5 heteroatoms. The van der Waals surface area contributed by atoms with E-state index >= 15 is 0 Å². The van der Waals surface area contributed by atoms with Crippen LogP contribution in [0.4, 0.5) is 0 Å². The van der Waals surface area contributed by atoms with Gasteiger partial charge in [-0.1, -0.05) is 20.8 Å². The molecule has 0 aromatic heterocycles. The van der Waals surface area contributed by atoms with Crippen LogP contribution in [0, 0.1) is 0 Å². The third-order valence-electron chi connectivity index (χ3n) is 2.80. The van der Waals surface area contributed by atoms with Gasteiger partial charge >= 0.3 is 5.97 Å². The minimum Gasteiger partial charge on any atom is -0.381 e. The van der Waals surface area contributed by atoms with Crippen LogP contribution >= 0.6 is 0 Å². The lowest BCUT2D eigenvalue weighted by molar-refractivity contribution is -0.222. The Morgan fingerprint density at radius 2 is 1.81 bits per heavy atom. The van der Waals surface area contributed by atoms with Crippen LogP contribution in [0.2, 0.25) is 18.1 Å². The molecule has 0 heterocycles. The first-order valence-electron chi connectivity index (χ1n) is 5.67. The fourth-order valence-corrected chi connectivity index (χ4v) is 1.17. The molecule has 0 unspecified atom stereocenters. The van der Waals surface area contributed by atoms with E-state index in [2.05, 4.69) is 20.8 Å². The van der Waals surface area contributed by atoms with Crippen LogP contribution in [-0.4, -0.2) is 27.5 Å². The second-order valence-electron chi connectivity index (χ2n) is 5.25. The minimum absolute atomic E-state index is 0.0349. The number of hydrogen-bond donors (Lipinski definition) is 0. The lowest BCUT2D eigenvalue weighted by Gasteiger charge is -2.33. The van der Waals surface area contributed by atoms with Gasteiger partial charge in [0.2, 0.25) is 0 Å². The Balaban J connectivity index is 3.92. The van der Waals surface area contributed by atoms with Crippen molar-refractivity contribution in [2.24, 2.45) is 0 Å². The van der Waals surface area contributed by atoms with Crippen molar-refractivity contribution >= 4 is 14.3 Å². The molecule has 0 aliphatic rings. The summed E-state index contributed by atoms with van der Waals surface area (Å²) in [6.45, 7) is 13.2. The van der Waals surface area contributed by atoms with Crippen LogP contribution in [0.15, 0.2) is 0 Å². The molecule has 0 saturated heterocycles. The number of hydrogen-bond acceptors (Lipinski definition) is 4. The summed E-state index contributed by atoms with van der Waals surface area (Å²) in [5, 5.41) is 0.0349. The summed E-state index contributed by atoms with van der Waals surface area (Å²) in [4.78, 5) is 16.1. The Bertz CT molecular complexity index is 221. The molecule has 0 aromatic rings. The van der Waals surface area contributed by atoms with E-state index in [1.807, 2.05) is 20.0 Å². The predicted molar refractivity (Wildman–Crippen MR) is 65.5 cm³/mol. The van der Waals surface area contributed by atoms with E-state index in [9.17, 15) is 4.79 Å². The van der Waals surface area contributed by atoms with Crippen LogP contribution in [-0.2, 0) is 19.0 Å². The van der Waals surface area contributed by atoms with Crippen LogP contribution in [0.3, 0.4) is 0 Å². The average Bonchev–Trinajstić information content (AvgIpc) is 2.13. The quantitative estimate of drug-likeness (QED) is 0.314. The van der Waals surface area contributed by atoms with Crippen LogP contribution in [0.5, 0.6) is 0 Å². The van der Waals surface area contributed by atoms with Crippen molar-refractivity contribution in [2.45, 2.75) is 52.2 Å². The molecule has 4 nitrogen and oxygen atoms in total. The second kappa shape index (κ2) is 6.37. The summed E-state index contributed by atoms with van der Waals surface area (Å²) in [7, 11) is -2.00. The van der Waals surface area contributed by atoms with Gasteiger partial charge in [0.05, 0.1) is 13.0 Å². The lowest BCUT2D eigenvalue weighted by atomic mass is 10.2. The van der Waals surface area contributed by atoms with E-state index in [1.54, 1.807) is 0 Å². The first-order valence-corrected chi connectivity index (χ1v) is 8.58. The Hall–Kier alpha value is -0.393. The minimum atomic E-state index is -2.00. The highest BCUT2D eigenvalue weighted by atomic mass is 28.4. The summed E-state index contributed by atoms with van der Waals surface area (Å²) >= 11 is 0. The van der Waals surface area contributed by atoms with E-state index < -0.39 is 8.32 Å². The van der Waals surface area contributed by atoms with Crippen LogP contribution in [0.25, 0.3) is 0 Å². The van der Waals surface area contributed by atoms with Gasteiger partial charge in [-0.15, -0.1) is 0 Å². The number of rotatable bonds is 6. The van der Waals surface area contributed by atoms with E-state index in [0.717, 1.165) is 0 Å². The molecule has 0 amide bonds. The summed E-state index contributed by atoms with van der Waals surface area (Å²) in [5.41, 5.74) is 0. The number of carbonyl (C=O) groups excluding carboxylic acids is 1. The molecule has 0 spiro atoms. The van der Waals surface area contributed by atoms with Crippen molar-refractivity contribution in [2.75, 3.05) is 13.2 Å². The van der Waals surface area contributed by atoms with Crippen molar-refractivity contribution in [1.82, 2.24) is 0 Å². The van der Waals surface area contributed by atoms with E-state index in [1.165, 1.54) is 0 Å². The zero-order valence-electron chi connectivity index (χ0n) is 11.3. The maximum Gasteiger partial charge on any atom is 0.343 e. The molecule has 0 radical (unpaired) electrons. The van der Waals surface area contributed by atoms with Gasteiger partial charge in [0, 0.05) is 6.61 Å². The predicted octanol–water partition coefficient (Wildman–Crippen LogP) is 2.89. The van der Waals surface area contributed by atoms with Crippen LogP contribution in [0.1, 0.15) is 34.1 Å². The molecule has 0 aliphatic carbocycles.